The van der Waals surface area contributed by atoms with Crippen molar-refractivity contribution < 1.29 is 18.4 Å². The zero-order valence-corrected chi connectivity index (χ0v) is 17.8. The lowest BCUT2D eigenvalue weighted by molar-refractivity contribution is -0.144. The molecule has 1 amide bonds. The van der Waals surface area contributed by atoms with Crippen LogP contribution in [0.15, 0.2) is 53.1 Å². The van der Waals surface area contributed by atoms with Gasteiger partial charge >= 0.3 is 0 Å². The molecule has 0 aliphatic carbocycles. The minimum Gasteiger partial charge on any atom is -0.368 e. The van der Waals surface area contributed by atoms with Gasteiger partial charge in [0.1, 0.15) is 23.5 Å². The van der Waals surface area contributed by atoms with Crippen LogP contribution in [0.2, 0.25) is 0 Å². The molecule has 0 saturated carbocycles. The highest BCUT2D eigenvalue weighted by Gasteiger charge is 2.38. The van der Waals surface area contributed by atoms with E-state index in [0.717, 1.165) is 0 Å². The fourth-order valence-electron chi connectivity index (χ4n) is 3.75. The summed E-state index contributed by atoms with van der Waals surface area (Å²) in [7, 11) is 0. The van der Waals surface area contributed by atoms with E-state index in [4.69, 9.17) is 9.26 Å². The van der Waals surface area contributed by atoms with Crippen molar-refractivity contribution in [1.29, 1.82) is 0 Å². The van der Waals surface area contributed by atoms with Crippen LogP contribution in [0.5, 0.6) is 0 Å². The van der Waals surface area contributed by atoms with Crippen molar-refractivity contribution >= 4 is 17.5 Å². The molecule has 1 aliphatic heterocycles. The maximum absolute atomic E-state index is 14.4. The summed E-state index contributed by atoms with van der Waals surface area (Å²) in [6, 6.07) is 13.7. The molecule has 4 rings (SSSR count). The number of nitrogens with zero attached hydrogens (tertiary/aromatic N) is 3. The van der Waals surface area contributed by atoms with Gasteiger partial charge in [-0.1, -0.05) is 29.4 Å². The van der Waals surface area contributed by atoms with Crippen molar-refractivity contribution in [2.75, 3.05) is 25.0 Å². The van der Waals surface area contributed by atoms with Gasteiger partial charge in [-0.05, 0) is 39.0 Å². The topological polar surface area (TPSA) is 80.5 Å². The Balaban J connectivity index is 1.50. The first-order chi connectivity index (χ1) is 14.8. The molecule has 0 bridgehead atoms. The summed E-state index contributed by atoms with van der Waals surface area (Å²) in [5, 5.41) is 7.01. The monoisotopic (exact) mass is 424 g/mol. The Labute approximate surface area is 180 Å². The Hall–Kier alpha value is -3.26. The van der Waals surface area contributed by atoms with Gasteiger partial charge in [-0.3, -0.25) is 4.79 Å². The summed E-state index contributed by atoms with van der Waals surface area (Å²) in [5.41, 5.74) is 0.0937. The average Bonchev–Trinajstić information content (AvgIpc) is 3.18. The van der Waals surface area contributed by atoms with Gasteiger partial charge in [0, 0.05) is 18.2 Å². The smallest absolute Gasteiger partial charge is 0.232 e. The second-order valence-corrected chi connectivity index (χ2v) is 8.11. The highest BCUT2D eigenvalue weighted by molar-refractivity contribution is 5.87. The predicted molar refractivity (Wildman–Crippen MR) is 113 cm³/mol. The second kappa shape index (κ2) is 8.47. The molecule has 1 aliphatic rings. The summed E-state index contributed by atoms with van der Waals surface area (Å²) in [5.74, 6) is 1.34. The molecule has 8 heteroatoms. The van der Waals surface area contributed by atoms with Crippen LogP contribution in [0.25, 0.3) is 0 Å². The number of hydrogen-bond donors (Lipinski definition) is 1. The summed E-state index contributed by atoms with van der Waals surface area (Å²) in [4.78, 5) is 19.7. The Morgan fingerprint density at radius 2 is 2.00 bits per heavy atom. The lowest BCUT2D eigenvalue weighted by Gasteiger charge is -2.37. The molecule has 1 atom stereocenters. The molecule has 7 nitrogen and oxygen atoms in total. The summed E-state index contributed by atoms with van der Waals surface area (Å²) >= 11 is 0. The number of carbonyl (C=O) groups excluding carboxylic acids is 1. The number of halogens is 1. The van der Waals surface area contributed by atoms with E-state index in [9.17, 15) is 9.18 Å². The Morgan fingerprint density at radius 1 is 1.19 bits per heavy atom. The third-order valence-corrected chi connectivity index (χ3v) is 5.42. The summed E-state index contributed by atoms with van der Waals surface area (Å²) in [6.07, 6.45) is -0.380. The number of aryl methyl sites for hydroxylation is 1. The van der Waals surface area contributed by atoms with E-state index in [2.05, 4.69) is 15.5 Å². The number of anilines is 2. The fraction of sp³-hybridized carbons (Fsp3) is 0.348. The predicted octanol–water partition coefficient (Wildman–Crippen LogP) is 4.14. The number of amides is 1. The molecule has 1 aromatic carbocycles. The highest BCUT2D eigenvalue weighted by Crippen LogP contribution is 2.31. The van der Waals surface area contributed by atoms with Gasteiger partial charge in [0.2, 0.25) is 5.91 Å². The normalized spacial score (nSPS) is 16.9. The van der Waals surface area contributed by atoms with Gasteiger partial charge in [-0.2, -0.15) is 0 Å². The zero-order valence-electron chi connectivity index (χ0n) is 17.8. The first kappa shape index (κ1) is 21.0. The molecule has 3 aromatic rings. The standard InChI is InChI=1S/C23H25FN4O3/c1-15-13-21(27-31-15)26-20-10-6-9-18(25-20)19-14-28(11-12-30-19)22(29)23(2,3)16-7-4-5-8-17(16)24/h4-10,13,19H,11-12,14H2,1-3H3,(H,25,26,27)/t19-/m1/s1. The lowest BCUT2D eigenvalue weighted by Crippen LogP contribution is -2.49. The average molecular weight is 424 g/mol. The Bertz CT molecular complexity index is 1080. The molecule has 0 unspecified atom stereocenters. The molecule has 2 aromatic heterocycles. The summed E-state index contributed by atoms with van der Waals surface area (Å²) in [6.45, 7) is 6.49. The molecule has 1 fully saturated rings. The van der Waals surface area contributed by atoms with Crippen LogP contribution in [-0.4, -0.2) is 40.6 Å². The van der Waals surface area contributed by atoms with Crippen molar-refractivity contribution in [3.8, 4) is 0 Å². The molecule has 0 spiro atoms. The first-order valence-corrected chi connectivity index (χ1v) is 10.2. The number of hydrogen-bond acceptors (Lipinski definition) is 6. The summed E-state index contributed by atoms with van der Waals surface area (Å²) < 4.78 is 25.3. The van der Waals surface area contributed by atoms with E-state index >= 15 is 0 Å². The number of benzene rings is 1. The number of pyridine rings is 1. The Kier molecular flexibility index (Phi) is 5.73. The van der Waals surface area contributed by atoms with E-state index in [1.807, 2.05) is 25.1 Å². The van der Waals surface area contributed by atoms with Gasteiger partial charge in [-0.25, -0.2) is 9.37 Å². The van der Waals surface area contributed by atoms with Crippen LogP contribution in [0.3, 0.4) is 0 Å². The van der Waals surface area contributed by atoms with Crippen LogP contribution < -0.4 is 5.32 Å². The zero-order chi connectivity index (χ0) is 22.0. The maximum Gasteiger partial charge on any atom is 0.232 e. The van der Waals surface area contributed by atoms with Crippen molar-refractivity contribution in [3.05, 3.63) is 71.4 Å². The van der Waals surface area contributed by atoms with Crippen LogP contribution in [-0.2, 0) is 14.9 Å². The molecule has 31 heavy (non-hydrogen) atoms. The minimum atomic E-state index is -0.991. The van der Waals surface area contributed by atoms with Crippen LogP contribution in [0.1, 0.15) is 37.0 Å². The van der Waals surface area contributed by atoms with Crippen molar-refractivity contribution in [3.63, 3.8) is 0 Å². The van der Waals surface area contributed by atoms with E-state index in [-0.39, 0.29) is 17.8 Å². The number of ether oxygens (including phenoxy) is 1. The van der Waals surface area contributed by atoms with Gasteiger partial charge < -0.3 is 19.5 Å². The molecule has 162 valence electrons. The second-order valence-electron chi connectivity index (χ2n) is 8.11. The van der Waals surface area contributed by atoms with Gasteiger partial charge in [-0.15, -0.1) is 0 Å². The van der Waals surface area contributed by atoms with E-state index in [1.54, 1.807) is 43.0 Å². The van der Waals surface area contributed by atoms with Gasteiger partial charge in [0.25, 0.3) is 0 Å². The molecule has 1 N–H and O–H groups in total. The van der Waals surface area contributed by atoms with E-state index < -0.39 is 5.41 Å². The lowest BCUT2D eigenvalue weighted by atomic mass is 9.82. The third kappa shape index (κ3) is 4.44. The molecule has 0 radical (unpaired) electrons. The maximum atomic E-state index is 14.4. The Morgan fingerprint density at radius 3 is 2.74 bits per heavy atom. The molecule has 1 saturated heterocycles. The van der Waals surface area contributed by atoms with E-state index in [1.165, 1.54) is 6.07 Å². The first-order valence-electron chi connectivity index (χ1n) is 10.2. The van der Waals surface area contributed by atoms with Crippen molar-refractivity contribution in [2.24, 2.45) is 0 Å². The van der Waals surface area contributed by atoms with Gasteiger partial charge in [0.05, 0.1) is 24.3 Å². The third-order valence-electron chi connectivity index (χ3n) is 5.42. The number of morpholine rings is 1. The van der Waals surface area contributed by atoms with Gasteiger partial charge in [0.15, 0.2) is 5.82 Å². The molecular formula is C23H25FN4O3. The minimum absolute atomic E-state index is 0.141. The van der Waals surface area contributed by atoms with Crippen molar-refractivity contribution in [2.45, 2.75) is 32.3 Å². The number of rotatable bonds is 5. The van der Waals surface area contributed by atoms with Crippen LogP contribution >= 0.6 is 0 Å². The SMILES string of the molecule is Cc1cc(Nc2cccc([C@H]3CN(C(=O)C(C)(C)c4ccccc4F)CCO3)n2)no1. The van der Waals surface area contributed by atoms with Crippen LogP contribution in [0.4, 0.5) is 16.0 Å². The molecule has 3 heterocycles. The van der Waals surface area contributed by atoms with Crippen LogP contribution in [0, 0.1) is 12.7 Å². The number of nitrogens with one attached hydrogen (secondary N) is 1. The fourth-order valence-corrected chi connectivity index (χ4v) is 3.75. The molecular weight excluding hydrogens is 399 g/mol. The quantitative estimate of drug-likeness (QED) is 0.663. The van der Waals surface area contributed by atoms with E-state index in [0.29, 0.717) is 48.3 Å². The largest absolute Gasteiger partial charge is 0.368 e. The number of aromatic nitrogens is 2. The van der Waals surface area contributed by atoms with Crippen molar-refractivity contribution in [1.82, 2.24) is 15.0 Å². The highest BCUT2D eigenvalue weighted by atomic mass is 19.1. The number of carbonyl (C=O) groups is 1.